The van der Waals surface area contributed by atoms with Crippen molar-refractivity contribution in [3.8, 4) is 5.75 Å². The second kappa shape index (κ2) is 10.7. The Labute approximate surface area is 184 Å². The Morgan fingerprint density at radius 1 is 1.18 bits per heavy atom. The highest BCUT2D eigenvalue weighted by Crippen LogP contribution is 2.26. The van der Waals surface area contributed by atoms with Crippen LogP contribution in [0.5, 0.6) is 5.75 Å². The Kier molecular flexibility index (Phi) is 9.29. The van der Waals surface area contributed by atoms with Crippen molar-refractivity contribution in [1.82, 2.24) is 10.6 Å². The molecule has 1 aromatic carbocycles. The summed E-state index contributed by atoms with van der Waals surface area (Å²) in [5.74, 6) is 2.01. The number of aliphatic hydroxyl groups is 1. The van der Waals surface area contributed by atoms with Crippen molar-refractivity contribution in [3.05, 3.63) is 54.0 Å². The first-order valence-corrected chi connectivity index (χ1v) is 9.21. The van der Waals surface area contributed by atoms with Gasteiger partial charge in [-0.2, -0.15) is 0 Å². The molecule has 0 aliphatic carbocycles. The number of nitrogens with one attached hydrogen (secondary N) is 2. The summed E-state index contributed by atoms with van der Waals surface area (Å²) in [4.78, 5) is 4.71. The van der Waals surface area contributed by atoms with Gasteiger partial charge in [0.25, 0.3) is 0 Å². The Morgan fingerprint density at radius 2 is 1.93 bits per heavy atom. The van der Waals surface area contributed by atoms with Gasteiger partial charge in [0, 0.05) is 12.0 Å². The molecule has 2 rings (SSSR count). The molecule has 0 saturated heterocycles. The van der Waals surface area contributed by atoms with E-state index in [0.717, 1.165) is 17.9 Å². The smallest absolute Gasteiger partial charge is 0.191 e. The van der Waals surface area contributed by atoms with E-state index in [4.69, 9.17) is 14.1 Å². The number of benzene rings is 1. The minimum Gasteiger partial charge on any atom is -0.497 e. The molecule has 1 aromatic heterocycles. The standard InChI is InChI=1S/C21H31N3O3.HI/c1-6-22-19(24-15-21(4,25)18-11-8-12-27-18)23-14-20(2,3)16-9-7-10-17(13-16)26-5;/h7-13,25H,6,14-15H2,1-5H3,(H2,22,23,24);1H. The van der Waals surface area contributed by atoms with Gasteiger partial charge in [0.2, 0.25) is 0 Å². The number of furan rings is 1. The number of aliphatic imine (C=N–C) groups is 1. The Bertz CT molecular complexity index is 743. The predicted octanol–water partition coefficient (Wildman–Crippen LogP) is 3.65. The first-order valence-electron chi connectivity index (χ1n) is 9.21. The van der Waals surface area contributed by atoms with Gasteiger partial charge < -0.3 is 24.9 Å². The minimum absolute atomic E-state index is 0. The van der Waals surface area contributed by atoms with Crippen LogP contribution >= 0.6 is 24.0 Å². The third-order valence-electron chi connectivity index (χ3n) is 4.48. The first-order chi connectivity index (χ1) is 12.8. The molecule has 6 nitrogen and oxygen atoms in total. The van der Waals surface area contributed by atoms with E-state index in [1.54, 1.807) is 32.4 Å². The number of nitrogens with zero attached hydrogens (tertiary/aromatic N) is 1. The zero-order valence-electron chi connectivity index (χ0n) is 17.3. The topological polar surface area (TPSA) is 79.0 Å². The highest BCUT2D eigenvalue weighted by Gasteiger charge is 2.27. The second-order valence-electron chi connectivity index (χ2n) is 7.42. The summed E-state index contributed by atoms with van der Waals surface area (Å²) in [7, 11) is 1.67. The van der Waals surface area contributed by atoms with Crippen molar-refractivity contribution in [2.45, 2.75) is 38.7 Å². The molecule has 2 aromatic rings. The van der Waals surface area contributed by atoms with Gasteiger partial charge in [-0.05, 0) is 43.7 Å². The zero-order valence-corrected chi connectivity index (χ0v) is 19.6. The van der Waals surface area contributed by atoms with Gasteiger partial charge in [-0.15, -0.1) is 24.0 Å². The summed E-state index contributed by atoms with van der Waals surface area (Å²) < 4.78 is 10.7. The molecule has 0 amide bonds. The van der Waals surface area contributed by atoms with Crippen LogP contribution < -0.4 is 15.4 Å². The normalized spacial score (nSPS) is 14.0. The van der Waals surface area contributed by atoms with Crippen molar-refractivity contribution in [1.29, 1.82) is 0 Å². The van der Waals surface area contributed by atoms with Gasteiger partial charge in [-0.3, -0.25) is 4.99 Å². The molecule has 1 atom stereocenters. The van der Waals surface area contributed by atoms with E-state index in [1.165, 1.54) is 0 Å². The van der Waals surface area contributed by atoms with E-state index in [9.17, 15) is 5.11 Å². The zero-order chi connectivity index (χ0) is 19.9. The molecule has 28 heavy (non-hydrogen) atoms. The average molecular weight is 501 g/mol. The molecule has 0 radical (unpaired) electrons. The molecule has 1 unspecified atom stereocenters. The number of hydrogen-bond donors (Lipinski definition) is 3. The van der Waals surface area contributed by atoms with Gasteiger partial charge in [-0.1, -0.05) is 26.0 Å². The van der Waals surface area contributed by atoms with Crippen LogP contribution in [0.1, 0.15) is 39.0 Å². The lowest BCUT2D eigenvalue weighted by molar-refractivity contribution is 0.0386. The molecule has 156 valence electrons. The van der Waals surface area contributed by atoms with E-state index in [-0.39, 0.29) is 35.9 Å². The molecule has 0 spiro atoms. The van der Waals surface area contributed by atoms with Crippen LogP contribution in [0.3, 0.4) is 0 Å². The Morgan fingerprint density at radius 3 is 2.54 bits per heavy atom. The van der Waals surface area contributed by atoms with Crippen molar-refractivity contribution < 1.29 is 14.3 Å². The quantitative estimate of drug-likeness (QED) is 0.293. The van der Waals surface area contributed by atoms with Crippen molar-refractivity contribution in [2.24, 2.45) is 4.99 Å². The van der Waals surface area contributed by atoms with Gasteiger partial charge in [0.05, 0.1) is 26.5 Å². The number of methoxy groups -OCH3 is 1. The van der Waals surface area contributed by atoms with E-state index >= 15 is 0 Å². The van der Waals surface area contributed by atoms with E-state index in [0.29, 0.717) is 18.3 Å². The van der Waals surface area contributed by atoms with Crippen LogP contribution in [0, 0.1) is 0 Å². The summed E-state index contributed by atoms with van der Waals surface area (Å²) in [6.07, 6.45) is 1.56. The van der Waals surface area contributed by atoms with Crippen molar-refractivity contribution >= 4 is 29.9 Å². The lowest BCUT2D eigenvalue weighted by Crippen LogP contribution is -2.45. The summed E-state index contributed by atoms with van der Waals surface area (Å²) in [6.45, 7) is 9.61. The van der Waals surface area contributed by atoms with Gasteiger partial charge in [0.15, 0.2) is 5.96 Å². The molecule has 7 heteroatoms. The summed E-state index contributed by atoms with van der Waals surface area (Å²) in [6, 6.07) is 11.6. The van der Waals surface area contributed by atoms with Crippen molar-refractivity contribution in [2.75, 3.05) is 26.7 Å². The first kappa shape index (κ1) is 24.3. The van der Waals surface area contributed by atoms with E-state index in [1.807, 2.05) is 25.1 Å². The fraction of sp³-hybridized carbons (Fsp3) is 0.476. The molecule has 0 saturated carbocycles. The number of hydrogen-bond acceptors (Lipinski definition) is 4. The average Bonchev–Trinajstić information content (AvgIpc) is 3.20. The van der Waals surface area contributed by atoms with E-state index < -0.39 is 5.60 Å². The number of guanidine groups is 1. The highest BCUT2D eigenvalue weighted by molar-refractivity contribution is 14.0. The van der Waals surface area contributed by atoms with Gasteiger partial charge >= 0.3 is 0 Å². The minimum atomic E-state index is -1.12. The Balaban J connectivity index is 0.00000392. The van der Waals surface area contributed by atoms with Crippen LogP contribution in [0.2, 0.25) is 0 Å². The molecule has 0 fully saturated rings. The maximum Gasteiger partial charge on any atom is 0.191 e. The lowest BCUT2D eigenvalue weighted by Gasteiger charge is -2.26. The van der Waals surface area contributed by atoms with Crippen LogP contribution in [-0.4, -0.2) is 37.8 Å². The van der Waals surface area contributed by atoms with Gasteiger partial charge in [-0.25, -0.2) is 0 Å². The maximum atomic E-state index is 10.6. The third-order valence-corrected chi connectivity index (χ3v) is 4.48. The number of ether oxygens (including phenoxy) is 1. The summed E-state index contributed by atoms with van der Waals surface area (Å²) in [5.41, 5.74) is -0.133. The fourth-order valence-corrected chi connectivity index (χ4v) is 2.68. The number of rotatable bonds is 8. The molecule has 0 aliphatic rings. The SMILES string of the molecule is CCNC(=NCC(C)(C)c1cccc(OC)c1)NCC(C)(O)c1ccco1.I. The van der Waals surface area contributed by atoms with Crippen molar-refractivity contribution in [3.63, 3.8) is 0 Å². The maximum absolute atomic E-state index is 10.6. The lowest BCUT2D eigenvalue weighted by atomic mass is 9.85. The highest BCUT2D eigenvalue weighted by atomic mass is 127. The fourth-order valence-electron chi connectivity index (χ4n) is 2.68. The van der Waals surface area contributed by atoms with Crippen LogP contribution in [0.25, 0.3) is 0 Å². The molecule has 0 aliphatic heterocycles. The predicted molar refractivity (Wildman–Crippen MR) is 124 cm³/mol. The molecule has 3 N–H and O–H groups in total. The largest absolute Gasteiger partial charge is 0.497 e. The van der Waals surface area contributed by atoms with Gasteiger partial charge in [0.1, 0.15) is 17.1 Å². The van der Waals surface area contributed by atoms with Crippen LogP contribution in [0.15, 0.2) is 52.1 Å². The third kappa shape index (κ3) is 6.70. The molecular weight excluding hydrogens is 469 g/mol. The number of halogens is 1. The monoisotopic (exact) mass is 501 g/mol. The molecule has 0 bridgehead atoms. The second-order valence-corrected chi connectivity index (χ2v) is 7.42. The van der Waals surface area contributed by atoms with Crippen LogP contribution in [-0.2, 0) is 11.0 Å². The summed E-state index contributed by atoms with van der Waals surface area (Å²) >= 11 is 0. The summed E-state index contributed by atoms with van der Waals surface area (Å²) in [5, 5.41) is 17.0. The Hall–Kier alpha value is -1.74. The van der Waals surface area contributed by atoms with E-state index in [2.05, 4.69) is 30.5 Å². The van der Waals surface area contributed by atoms with Crippen LogP contribution in [0.4, 0.5) is 0 Å². The molecule has 1 heterocycles. The molecular formula is C21H32IN3O3.